The second kappa shape index (κ2) is 8.30. The molecule has 0 atom stereocenters. The number of aliphatic hydroxyl groups excluding tert-OH is 1. The van der Waals surface area contributed by atoms with Crippen LogP contribution in [0.3, 0.4) is 0 Å². The van der Waals surface area contributed by atoms with Crippen molar-refractivity contribution in [2.75, 3.05) is 26.4 Å². The van der Waals surface area contributed by atoms with Crippen LogP contribution in [0.4, 0.5) is 0 Å². The smallest absolute Gasteiger partial charge is 0.224 e. The zero-order valence-corrected chi connectivity index (χ0v) is 9.71. The lowest BCUT2D eigenvalue weighted by Crippen LogP contribution is -2.27. The van der Waals surface area contributed by atoms with E-state index >= 15 is 0 Å². The molecule has 0 saturated carbocycles. The van der Waals surface area contributed by atoms with Gasteiger partial charge in [0, 0.05) is 13.0 Å². The van der Waals surface area contributed by atoms with Gasteiger partial charge in [-0.3, -0.25) is 4.79 Å². The van der Waals surface area contributed by atoms with Crippen LogP contribution in [-0.2, 0) is 9.53 Å². The molecule has 92 valence electrons. The Labute approximate surface area is 96.7 Å². The summed E-state index contributed by atoms with van der Waals surface area (Å²) >= 11 is 0. The maximum Gasteiger partial charge on any atom is 0.224 e. The van der Waals surface area contributed by atoms with Gasteiger partial charge in [-0.1, -0.05) is 11.6 Å². The fourth-order valence-corrected chi connectivity index (χ4v) is 1.76. The standard InChI is InChI=1S/C12H21NO3/c14-7-9-16-8-6-13-12(15)10-11-4-2-1-3-5-11/h4,14H,1-3,5-10H2,(H,13,15). The highest BCUT2D eigenvalue weighted by molar-refractivity contribution is 5.78. The van der Waals surface area contributed by atoms with E-state index in [4.69, 9.17) is 9.84 Å². The largest absolute Gasteiger partial charge is 0.394 e. The minimum absolute atomic E-state index is 0.0286. The van der Waals surface area contributed by atoms with Gasteiger partial charge >= 0.3 is 0 Å². The Kier molecular flexibility index (Phi) is 6.85. The zero-order chi connectivity index (χ0) is 11.6. The van der Waals surface area contributed by atoms with E-state index in [0.717, 1.165) is 12.8 Å². The van der Waals surface area contributed by atoms with Crippen LogP contribution in [0.2, 0.25) is 0 Å². The number of rotatable bonds is 7. The van der Waals surface area contributed by atoms with Gasteiger partial charge in [0.05, 0.1) is 19.8 Å². The molecule has 0 heterocycles. The molecule has 0 unspecified atom stereocenters. The molecule has 1 aliphatic carbocycles. The van der Waals surface area contributed by atoms with E-state index in [9.17, 15) is 4.79 Å². The van der Waals surface area contributed by atoms with E-state index in [-0.39, 0.29) is 12.5 Å². The summed E-state index contributed by atoms with van der Waals surface area (Å²) in [6.07, 6.45) is 7.35. The molecule has 4 nitrogen and oxygen atoms in total. The molecule has 0 bridgehead atoms. The Morgan fingerprint density at radius 2 is 2.31 bits per heavy atom. The summed E-state index contributed by atoms with van der Waals surface area (Å²) in [5.41, 5.74) is 1.26. The minimum Gasteiger partial charge on any atom is -0.394 e. The number of carbonyl (C=O) groups is 1. The van der Waals surface area contributed by atoms with Crippen molar-refractivity contribution < 1.29 is 14.6 Å². The molecule has 0 aromatic heterocycles. The molecule has 0 aromatic rings. The summed E-state index contributed by atoms with van der Waals surface area (Å²) in [6.45, 7) is 1.35. The molecule has 0 aromatic carbocycles. The van der Waals surface area contributed by atoms with Gasteiger partial charge in [-0.2, -0.15) is 0 Å². The highest BCUT2D eigenvalue weighted by Gasteiger charge is 2.08. The molecule has 4 heteroatoms. The second-order valence-electron chi connectivity index (χ2n) is 3.97. The van der Waals surface area contributed by atoms with Gasteiger partial charge in [0.1, 0.15) is 0 Å². The average molecular weight is 227 g/mol. The topological polar surface area (TPSA) is 58.6 Å². The van der Waals surface area contributed by atoms with Crippen LogP contribution in [-0.4, -0.2) is 37.4 Å². The lowest BCUT2D eigenvalue weighted by molar-refractivity contribution is -0.120. The van der Waals surface area contributed by atoms with Crippen LogP contribution in [0.1, 0.15) is 32.1 Å². The molecule has 0 spiro atoms. The first-order valence-corrected chi connectivity index (χ1v) is 5.96. The van der Waals surface area contributed by atoms with E-state index in [2.05, 4.69) is 11.4 Å². The summed E-state index contributed by atoms with van der Waals surface area (Å²) in [7, 11) is 0. The fraction of sp³-hybridized carbons (Fsp3) is 0.750. The Hall–Kier alpha value is -0.870. The number of aliphatic hydroxyl groups is 1. The SMILES string of the molecule is O=C(CC1=CCCCC1)NCCOCCO. The first-order chi connectivity index (χ1) is 7.83. The maximum atomic E-state index is 11.5. The maximum absolute atomic E-state index is 11.5. The molecule has 0 radical (unpaired) electrons. The molecule has 0 aliphatic heterocycles. The van der Waals surface area contributed by atoms with Gasteiger partial charge in [0.25, 0.3) is 0 Å². The number of allylic oxidation sites excluding steroid dienone is 1. The molecule has 2 N–H and O–H groups in total. The fourth-order valence-electron chi connectivity index (χ4n) is 1.76. The Morgan fingerprint density at radius 1 is 1.44 bits per heavy atom. The van der Waals surface area contributed by atoms with Crippen LogP contribution in [0, 0.1) is 0 Å². The molecule has 1 rings (SSSR count). The molecular formula is C12H21NO3. The van der Waals surface area contributed by atoms with Crippen molar-refractivity contribution in [1.82, 2.24) is 5.32 Å². The summed E-state index contributed by atoms with van der Waals surface area (Å²) in [6, 6.07) is 0. The number of hydrogen-bond donors (Lipinski definition) is 2. The van der Waals surface area contributed by atoms with E-state index in [1.54, 1.807) is 0 Å². The monoisotopic (exact) mass is 227 g/mol. The van der Waals surface area contributed by atoms with Crippen molar-refractivity contribution in [3.05, 3.63) is 11.6 Å². The number of amides is 1. The lowest BCUT2D eigenvalue weighted by atomic mass is 9.97. The number of nitrogens with one attached hydrogen (secondary N) is 1. The van der Waals surface area contributed by atoms with Gasteiger partial charge < -0.3 is 15.2 Å². The van der Waals surface area contributed by atoms with Crippen LogP contribution >= 0.6 is 0 Å². The first kappa shape index (κ1) is 13.2. The van der Waals surface area contributed by atoms with Crippen LogP contribution in [0.25, 0.3) is 0 Å². The Balaban J connectivity index is 2.04. The van der Waals surface area contributed by atoms with Crippen LogP contribution in [0.5, 0.6) is 0 Å². The third-order valence-corrected chi connectivity index (χ3v) is 2.58. The van der Waals surface area contributed by atoms with Crippen molar-refractivity contribution in [2.24, 2.45) is 0 Å². The number of carbonyl (C=O) groups excluding carboxylic acids is 1. The van der Waals surface area contributed by atoms with E-state index in [1.165, 1.54) is 18.4 Å². The van der Waals surface area contributed by atoms with Crippen molar-refractivity contribution in [3.8, 4) is 0 Å². The van der Waals surface area contributed by atoms with Crippen molar-refractivity contribution >= 4 is 5.91 Å². The quantitative estimate of drug-likeness (QED) is 0.504. The Bertz CT molecular complexity index is 238. The third kappa shape index (κ3) is 5.88. The van der Waals surface area contributed by atoms with Gasteiger partial charge in [-0.05, 0) is 25.7 Å². The minimum atomic E-state index is 0.0286. The molecule has 0 saturated heterocycles. The van der Waals surface area contributed by atoms with E-state index < -0.39 is 0 Å². The van der Waals surface area contributed by atoms with Gasteiger partial charge in [0.15, 0.2) is 0 Å². The molecule has 0 fully saturated rings. The number of ether oxygens (including phenoxy) is 1. The summed E-state index contributed by atoms with van der Waals surface area (Å²) < 4.78 is 5.04. The van der Waals surface area contributed by atoms with Crippen molar-refractivity contribution in [1.29, 1.82) is 0 Å². The average Bonchev–Trinajstić information content (AvgIpc) is 2.30. The zero-order valence-electron chi connectivity index (χ0n) is 9.71. The van der Waals surface area contributed by atoms with Gasteiger partial charge in [0.2, 0.25) is 5.91 Å². The van der Waals surface area contributed by atoms with Crippen molar-refractivity contribution in [2.45, 2.75) is 32.1 Å². The van der Waals surface area contributed by atoms with Gasteiger partial charge in [-0.25, -0.2) is 0 Å². The summed E-state index contributed by atoms with van der Waals surface area (Å²) in [5.74, 6) is 0.0701. The summed E-state index contributed by atoms with van der Waals surface area (Å²) in [5, 5.41) is 11.3. The molecule has 1 aliphatic rings. The highest BCUT2D eigenvalue weighted by Crippen LogP contribution is 2.19. The molecule has 1 amide bonds. The Morgan fingerprint density at radius 3 is 3.00 bits per heavy atom. The van der Waals surface area contributed by atoms with Crippen molar-refractivity contribution in [3.63, 3.8) is 0 Å². The third-order valence-electron chi connectivity index (χ3n) is 2.58. The van der Waals surface area contributed by atoms with Gasteiger partial charge in [-0.15, -0.1) is 0 Å². The normalized spacial score (nSPS) is 15.7. The summed E-state index contributed by atoms with van der Waals surface area (Å²) in [4.78, 5) is 11.5. The second-order valence-corrected chi connectivity index (χ2v) is 3.97. The number of hydrogen-bond acceptors (Lipinski definition) is 3. The molecule has 16 heavy (non-hydrogen) atoms. The molecular weight excluding hydrogens is 206 g/mol. The first-order valence-electron chi connectivity index (χ1n) is 5.96. The predicted molar refractivity (Wildman–Crippen MR) is 62.1 cm³/mol. The van der Waals surface area contributed by atoms with E-state index in [0.29, 0.717) is 26.2 Å². The lowest BCUT2D eigenvalue weighted by Gasteiger charge is -2.12. The predicted octanol–water partition coefficient (Wildman–Crippen LogP) is 1.00. The van der Waals surface area contributed by atoms with Crippen LogP contribution in [0.15, 0.2) is 11.6 Å². The highest BCUT2D eigenvalue weighted by atomic mass is 16.5. The van der Waals surface area contributed by atoms with Crippen LogP contribution < -0.4 is 5.32 Å². The van der Waals surface area contributed by atoms with E-state index in [1.807, 2.05) is 0 Å².